The zero-order valence-corrected chi connectivity index (χ0v) is 15.0. The number of amides is 1. The molecule has 1 atom stereocenters. The summed E-state index contributed by atoms with van der Waals surface area (Å²) < 4.78 is 31.2. The quantitative estimate of drug-likeness (QED) is 0.746. The maximum atomic E-state index is 12.9. The zero-order valence-electron chi connectivity index (χ0n) is 15.0. The average Bonchev–Trinajstić information content (AvgIpc) is 2.64. The second kappa shape index (κ2) is 9.87. The Labute approximate surface area is 152 Å². The van der Waals surface area contributed by atoms with Crippen LogP contribution >= 0.6 is 0 Å². The minimum atomic E-state index is -0.306. The van der Waals surface area contributed by atoms with Gasteiger partial charge in [0.15, 0.2) is 0 Å². The molecule has 26 heavy (non-hydrogen) atoms. The summed E-state index contributed by atoms with van der Waals surface area (Å²) in [6.45, 7) is 3.28. The van der Waals surface area contributed by atoms with Crippen molar-refractivity contribution in [2.75, 3.05) is 26.7 Å². The van der Waals surface area contributed by atoms with Crippen LogP contribution in [0.5, 0.6) is 5.75 Å². The van der Waals surface area contributed by atoms with Crippen LogP contribution in [0.3, 0.4) is 0 Å². The van der Waals surface area contributed by atoms with Crippen molar-refractivity contribution < 1.29 is 18.3 Å². The van der Waals surface area contributed by atoms with Crippen molar-refractivity contribution in [1.29, 1.82) is 0 Å². The lowest BCUT2D eigenvalue weighted by molar-refractivity contribution is -0.125. The van der Waals surface area contributed by atoms with Crippen molar-refractivity contribution in [1.82, 2.24) is 10.2 Å². The molecule has 0 aromatic heterocycles. The largest absolute Gasteiger partial charge is 0.492 e. The predicted molar refractivity (Wildman–Crippen MR) is 97.1 cm³/mol. The Morgan fingerprint density at radius 2 is 1.65 bits per heavy atom. The summed E-state index contributed by atoms with van der Waals surface area (Å²) in [7, 11) is 1.85. The van der Waals surface area contributed by atoms with Crippen LogP contribution in [0, 0.1) is 11.6 Å². The molecule has 0 fully saturated rings. The van der Waals surface area contributed by atoms with Gasteiger partial charge in [-0.15, -0.1) is 0 Å². The SMILES string of the molecule is CC(C(=O)NCCc1ccc(F)cc1)N(C)CCOc1ccc(F)cc1. The molecule has 0 aliphatic rings. The Morgan fingerprint density at radius 3 is 2.27 bits per heavy atom. The van der Waals surface area contributed by atoms with Crippen LogP contribution in [0.15, 0.2) is 48.5 Å². The molecule has 1 unspecified atom stereocenters. The number of carbonyl (C=O) groups excluding carboxylic acids is 1. The highest BCUT2D eigenvalue weighted by Crippen LogP contribution is 2.11. The monoisotopic (exact) mass is 362 g/mol. The van der Waals surface area contributed by atoms with Crippen LogP contribution in [0.1, 0.15) is 12.5 Å². The molecule has 0 radical (unpaired) electrons. The second-order valence-electron chi connectivity index (χ2n) is 6.13. The van der Waals surface area contributed by atoms with Crippen LogP contribution in [0.25, 0.3) is 0 Å². The van der Waals surface area contributed by atoms with Crippen LogP contribution in [0.4, 0.5) is 8.78 Å². The summed E-state index contributed by atoms with van der Waals surface area (Å²) in [5, 5.41) is 2.88. The van der Waals surface area contributed by atoms with E-state index in [1.54, 1.807) is 24.3 Å². The predicted octanol–water partition coefficient (Wildman–Crippen LogP) is 3.02. The van der Waals surface area contributed by atoms with Gasteiger partial charge in [0.1, 0.15) is 24.0 Å². The summed E-state index contributed by atoms with van der Waals surface area (Å²) in [5.74, 6) is -0.0520. The first-order valence-corrected chi connectivity index (χ1v) is 8.56. The van der Waals surface area contributed by atoms with E-state index in [0.717, 1.165) is 5.56 Å². The maximum Gasteiger partial charge on any atom is 0.237 e. The average molecular weight is 362 g/mol. The normalized spacial score (nSPS) is 12.0. The molecular formula is C20H24F2N2O2. The van der Waals surface area contributed by atoms with Gasteiger partial charge in [0, 0.05) is 13.1 Å². The number of benzene rings is 2. The van der Waals surface area contributed by atoms with Gasteiger partial charge in [0.2, 0.25) is 5.91 Å². The highest BCUT2D eigenvalue weighted by Gasteiger charge is 2.17. The summed E-state index contributed by atoms with van der Waals surface area (Å²) in [5.41, 5.74) is 0.973. The topological polar surface area (TPSA) is 41.6 Å². The third kappa shape index (κ3) is 6.44. The zero-order chi connectivity index (χ0) is 18.9. The molecule has 0 heterocycles. The first-order chi connectivity index (χ1) is 12.5. The number of nitrogens with zero attached hydrogens (tertiary/aromatic N) is 1. The Bertz CT molecular complexity index is 690. The summed E-state index contributed by atoms with van der Waals surface area (Å²) >= 11 is 0. The highest BCUT2D eigenvalue weighted by atomic mass is 19.1. The minimum Gasteiger partial charge on any atom is -0.492 e. The van der Waals surface area contributed by atoms with Crippen molar-refractivity contribution in [3.8, 4) is 5.75 Å². The Kier molecular flexibility index (Phi) is 7.53. The lowest BCUT2D eigenvalue weighted by Gasteiger charge is -2.23. The van der Waals surface area contributed by atoms with E-state index in [1.807, 2.05) is 18.9 Å². The van der Waals surface area contributed by atoms with Crippen LogP contribution in [-0.4, -0.2) is 43.6 Å². The van der Waals surface area contributed by atoms with E-state index in [1.165, 1.54) is 24.3 Å². The molecule has 0 aliphatic heterocycles. The van der Waals surface area contributed by atoms with Crippen molar-refractivity contribution in [3.05, 3.63) is 65.7 Å². The van der Waals surface area contributed by atoms with Gasteiger partial charge in [0.05, 0.1) is 6.04 Å². The summed E-state index contributed by atoms with van der Waals surface area (Å²) in [6.07, 6.45) is 0.649. The number of carbonyl (C=O) groups is 1. The van der Waals surface area contributed by atoms with E-state index in [0.29, 0.717) is 31.9 Å². The van der Waals surface area contributed by atoms with Crippen molar-refractivity contribution in [2.45, 2.75) is 19.4 Å². The van der Waals surface area contributed by atoms with Gasteiger partial charge >= 0.3 is 0 Å². The van der Waals surface area contributed by atoms with Crippen LogP contribution in [0.2, 0.25) is 0 Å². The molecule has 0 saturated heterocycles. The third-order valence-electron chi connectivity index (χ3n) is 4.19. The van der Waals surface area contributed by atoms with E-state index in [-0.39, 0.29) is 23.6 Å². The number of ether oxygens (including phenoxy) is 1. The fourth-order valence-corrected chi connectivity index (χ4v) is 2.36. The van der Waals surface area contributed by atoms with Crippen LogP contribution in [-0.2, 0) is 11.2 Å². The van der Waals surface area contributed by atoms with Gasteiger partial charge in [-0.2, -0.15) is 0 Å². The highest BCUT2D eigenvalue weighted by molar-refractivity contribution is 5.81. The first-order valence-electron chi connectivity index (χ1n) is 8.56. The molecule has 1 N–H and O–H groups in total. The van der Waals surface area contributed by atoms with Gasteiger partial charge in [-0.05, 0) is 62.4 Å². The van der Waals surface area contributed by atoms with Gasteiger partial charge < -0.3 is 10.1 Å². The molecule has 0 saturated carbocycles. The summed E-state index contributed by atoms with van der Waals surface area (Å²) in [6, 6.07) is 11.8. The molecule has 0 spiro atoms. The molecule has 2 aromatic carbocycles. The molecule has 140 valence electrons. The van der Waals surface area contributed by atoms with Gasteiger partial charge in [-0.1, -0.05) is 12.1 Å². The first kappa shape index (κ1) is 19.8. The fourth-order valence-electron chi connectivity index (χ4n) is 2.36. The van der Waals surface area contributed by atoms with Crippen molar-refractivity contribution in [2.24, 2.45) is 0 Å². The van der Waals surface area contributed by atoms with Crippen molar-refractivity contribution >= 4 is 5.91 Å². The second-order valence-corrected chi connectivity index (χ2v) is 6.13. The Morgan fingerprint density at radius 1 is 1.08 bits per heavy atom. The lowest BCUT2D eigenvalue weighted by Crippen LogP contribution is -2.45. The Hall–Kier alpha value is -2.47. The number of rotatable bonds is 9. The van der Waals surface area contributed by atoms with E-state index in [9.17, 15) is 13.6 Å². The Balaban J connectivity index is 1.67. The van der Waals surface area contributed by atoms with Crippen molar-refractivity contribution in [3.63, 3.8) is 0 Å². The number of halogens is 2. The molecule has 0 aliphatic carbocycles. The maximum absolute atomic E-state index is 12.9. The molecule has 2 aromatic rings. The van der Waals surface area contributed by atoms with E-state index < -0.39 is 0 Å². The van der Waals surface area contributed by atoms with E-state index >= 15 is 0 Å². The molecule has 2 rings (SSSR count). The fraction of sp³-hybridized carbons (Fsp3) is 0.350. The summed E-state index contributed by atoms with van der Waals surface area (Å²) in [4.78, 5) is 14.1. The molecular weight excluding hydrogens is 338 g/mol. The smallest absolute Gasteiger partial charge is 0.237 e. The van der Waals surface area contributed by atoms with Gasteiger partial charge in [-0.25, -0.2) is 8.78 Å². The number of hydrogen-bond acceptors (Lipinski definition) is 3. The lowest BCUT2D eigenvalue weighted by atomic mass is 10.1. The van der Waals surface area contributed by atoms with E-state index in [2.05, 4.69) is 5.32 Å². The van der Waals surface area contributed by atoms with Gasteiger partial charge in [0.25, 0.3) is 0 Å². The molecule has 6 heteroatoms. The standard InChI is InChI=1S/C20H24F2N2O2/c1-15(20(25)23-12-11-16-3-5-17(21)6-4-16)24(2)13-14-26-19-9-7-18(22)8-10-19/h3-10,15H,11-14H2,1-2H3,(H,23,25). The van der Waals surface area contributed by atoms with E-state index in [4.69, 9.17) is 4.74 Å². The number of likely N-dealkylation sites (N-methyl/N-ethyl adjacent to an activating group) is 1. The molecule has 0 bridgehead atoms. The van der Waals surface area contributed by atoms with Gasteiger partial charge in [-0.3, -0.25) is 9.69 Å². The molecule has 4 nitrogen and oxygen atoms in total. The molecule has 1 amide bonds. The number of hydrogen-bond donors (Lipinski definition) is 1. The third-order valence-corrected chi connectivity index (χ3v) is 4.19. The number of nitrogens with one attached hydrogen (secondary N) is 1. The minimum absolute atomic E-state index is 0.0728. The van der Waals surface area contributed by atoms with Crippen LogP contribution < -0.4 is 10.1 Å².